The van der Waals surface area contributed by atoms with Crippen molar-refractivity contribution in [1.82, 2.24) is 0 Å². The molecule has 4 heteroatoms. The largest absolute Gasteiger partial charge is 0.465 e. The second-order valence-corrected chi connectivity index (χ2v) is 10.1. The number of carbonyl (C=O) groups is 2. The molecule has 1 unspecified atom stereocenters. The zero-order valence-electron chi connectivity index (χ0n) is 16.3. The van der Waals surface area contributed by atoms with Crippen LogP contribution in [0.5, 0.6) is 0 Å². The molecule has 0 spiro atoms. The molecule has 0 bridgehead atoms. The van der Waals surface area contributed by atoms with E-state index in [2.05, 4.69) is 29.8 Å². The van der Waals surface area contributed by atoms with E-state index in [1.165, 1.54) is 0 Å². The molecular weight excluding hydrogens is 404 g/mol. The highest BCUT2D eigenvalue weighted by Crippen LogP contribution is 2.54. The summed E-state index contributed by atoms with van der Waals surface area (Å²) in [5.74, 6) is 1.45. The number of allylic oxidation sites excluding steroid dienone is 4. The Morgan fingerprint density at radius 3 is 2.22 bits per heavy atom. The minimum atomic E-state index is -0.429. The van der Waals surface area contributed by atoms with Gasteiger partial charge in [0, 0.05) is 45.2 Å². The Balaban J connectivity index is 1.96. The van der Waals surface area contributed by atoms with Crippen LogP contribution in [-0.2, 0) is 14.3 Å². The van der Waals surface area contributed by atoms with E-state index < -0.39 is 5.41 Å². The number of hydrogen-bond acceptors (Lipinski definition) is 3. The van der Waals surface area contributed by atoms with Crippen LogP contribution in [-0.4, -0.2) is 11.6 Å². The van der Waals surface area contributed by atoms with Gasteiger partial charge in [-0.15, -0.1) is 0 Å². The summed E-state index contributed by atoms with van der Waals surface area (Å²) in [6, 6.07) is 7.97. The maximum absolute atomic E-state index is 13.4. The third-order valence-electron chi connectivity index (χ3n) is 6.28. The normalized spacial score (nSPS) is 26.5. The minimum Gasteiger partial charge on any atom is -0.465 e. The fraction of sp³-hybridized carbons (Fsp3) is 0.478. The van der Waals surface area contributed by atoms with Gasteiger partial charge in [0.15, 0.2) is 11.6 Å². The number of halogens is 1. The zero-order valence-corrected chi connectivity index (χ0v) is 17.9. The standard InChI is InChI=1S/C23H25BrO3/c1-22(2)12-10-16-19(20(22)26)17(13-5-7-14(24)8-6-13)18-15(25)9-11-23(3,4)21(18)27-16/h5-8,17H,9-12H2,1-4H3. The van der Waals surface area contributed by atoms with Crippen molar-refractivity contribution in [2.75, 3.05) is 0 Å². The van der Waals surface area contributed by atoms with Crippen molar-refractivity contribution in [2.45, 2.75) is 59.3 Å². The van der Waals surface area contributed by atoms with Crippen LogP contribution in [0.15, 0.2) is 51.4 Å². The molecule has 1 aliphatic heterocycles. The lowest BCUT2D eigenvalue weighted by Crippen LogP contribution is -2.40. The van der Waals surface area contributed by atoms with E-state index in [0.29, 0.717) is 17.6 Å². The van der Waals surface area contributed by atoms with E-state index >= 15 is 0 Å². The molecule has 0 fully saturated rings. The molecule has 0 N–H and O–H groups in total. The first-order chi connectivity index (χ1) is 12.6. The van der Waals surface area contributed by atoms with Gasteiger partial charge in [0.1, 0.15) is 11.5 Å². The van der Waals surface area contributed by atoms with E-state index in [0.717, 1.165) is 40.8 Å². The summed E-state index contributed by atoms with van der Waals surface area (Å²) >= 11 is 3.48. The molecule has 3 aliphatic rings. The van der Waals surface area contributed by atoms with E-state index in [9.17, 15) is 9.59 Å². The van der Waals surface area contributed by atoms with Crippen LogP contribution in [0.25, 0.3) is 0 Å². The Kier molecular flexibility index (Phi) is 4.26. The van der Waals surface area contributed by atoms with Crippen molar-refractivity contribution in [3.05, 3.63) is 57.0 Å². The lowest BCUT2D eigenvalue weighted by atomic mass is 9.64. The van der Waals surface area contributed by atoms with Crippen LogP contribution in [0.1, 0.15) is 64.9 Å². The number of Topliss-reactive ketones (excluding diaryl/α,β-unsaturated/α-hetero) is 2. The van der Waals surface area contributed by atoms with Crippen LogP contribution < -0.4 is 0 Å². The van der Waals surface area contributed by atoms with Crippen molar-refractivity contribution in [3.63, 3.8) is 0 Å². The van der Waals surface area contributed by atoms with Gasteiger partial charge in [-0.2, -0.15) is 0 Å². The predicted molar refractivity (Wildman–Crippen MR) is 108 cm³/mol. The molecule has 27 heavy (non-hydrogen) atoms. The Morgan fingerprint density at radius 2 is 1.56 bits per heavy atom. The highest BCUT2D eigenvalue weighted by atomic mass is 79.9. The smallest absolute Gasteiger partial charge is 0.168 e. The van der Waals surface area contributed by atoms with Gasteiger partial charge in [-0.1, -0.05) is 55.8 Å². The van der Waals surface area contributed by atoms with Crippen LogP contribution in [0, 0.1) is 10.8 Å². The lowest BCUT2D eigenvalue weighted by molar-refractivity contribution is -0.125. The lowest BCUT2D eigenvalue weighted by Gasteiger charge is -2.44. The van der Waals surface area contributed by atoms with Crippen molar-refractivity contribution in [2.24, 2.45) is 10.8 Å². The van der Waals surface area contributed by atoms with Gasteiger partial charge in [-0.3, -0.25) is 9.59 Å². The van der Waals surface area contributed by atoms with Gasteiger partial charge in [-0.05, 0) is 30.5 Å². The quantitative estimate of drug-likeness (QED) is 0.563. The first kappa shape index (κ1) is 18.7. The van der Waals surface area contributed by atoms with Gasteiger partial charge in [0.2, 0.25) is 0 Å². The van der Waals surface area contributed by atoms with Gasteiger partial charge in [0.05, 0.1) is 0 Å². The fourth-order valence-electron chi connectivity index (χ4n) is 4.47. The monoisotopic (exact) mass is 428 g/mol. The molecule has 0 amide bonds. The third-order valence-corrected chi connectivity index (χ3v) is 6.81. The summed E-state index contributed by atoms with van der Waals surface area (Å²) in [6.45, 7) is 8.25. The second-order valence-electron chi connectivity index (χ2n) is 9.19. The number of ketones is 2. The molecule has 1 aromatic rings. The predicted octanol–water partition coefficient (Wildman–Crippen LogP) is 5.85. The van der Waals surface area contributed by atoms with Gasteiger partial charge < -0.3 is 4.74 Å². The summed E-state index contributed by atoms with van der Waals surface area (Å²) in [5.41, 5.74) is 1.74. The highest BCUT2D eigenvalue weighted by molar-refractivity contribution is 9.10. The average molecular weight is 429 g/mol. The molecule has 0 saturated heterocycles. The molecule has 3 nitrogen and oxygen atoms in total. The molecule has 0 aromatic heterocycles. The molecule has 2 aliphatic carbocycles. The summed E-state index contributed by atoms with van der Waals surface area (Å²) in [5, 5.41) is 0. The van der Waals surface area contributed by atoms with Crippen molar-refractivity contribution in [3.8, 4) is 0 Å². The maximum Gasteiger partial charge on any atom is 0.168 e. The number of hydrogen-bond donors (Lipinski definition) is 0. The molecule has 4 rings (SSSR count). The summed E-state index contributed by atoms with van der Waals surface area (Å²) in [4.78, 5) is 26.4. The molecule has 0 saturated carbocycles. The van der Waals surface area contributed by atoms with Gasteiger partial charge >= 0.3 is 0 Å². The van der Waals surface area contributed by atoms with E-state index in [1.54, 1.807) is 0 Å². The summed E-state index contributed by atoms with van der Waals surface area (Å²) in [6.07, 6.45) is 2.79. The number of benzene rings is 1. The molecule has 142 valence electrons. The Hall–Kier alpha value is -1.68. The van der Waals surface area contributed by atoms with Crippen LogP contribution >= 0.6 is 15.9 Å². The molecule has 1 heterocycles. The van der Waals surface area contributed by atoms with E-state index in [4.69, 9.17) is 4.74 Å². The molecule has 0 radical (unpaired) electrons. The Labute approximate surface area is 169 Å². The van der Waals surface area contributed by atoms with Crippen molar-refractivity contribution >= 4 is 27.5 Å². The fourth-order valence-corrected chi connectivity index (χ4v) is 4.73. The molecule has 1 atom stereocenters. The van der Waals surface area contributed by atoms with Crippen LogP contribution in [0.4, 0.5) is 0 Å². The topological polar surface area (TPSA) is 43.4 Å². The van der Waals surface area contributed by atoms with E-state index in [1.807, 2.05) is 38.1 Å². The first-order valence-corrected chi connectivity index (χ1v) is 10.4. The zero-order chi connectivity index (χ0) is 19.6. The summed E-state index contributed by atoms with van der Waals surface area (Å²) in [7, 11) is 0. The van der Waals surface area contributed by atoms with Crippen LogP contribution in [0.2, 0.25) is 0 Å². The van der Waals surface area contributed by atoms with Gasteiger partial charge in [-0.25, -0.2) is 0 Å². The van der Waals surface area contributed by atoms with Crippen LogP contribution in [0.3, 0.4) is 0 Å². The maximum atomic E-state index is 13.4. The Morgan fingerprint density at radius 1 is 0.926 bits per heavy atom. The first-order valence-electron chi connectivity index (χ1n) is 9.61. The molecule has 1 aromatic carbocycles. The average Bonchev–Trinajstić information content (AvgIpc) is 2.61. The number of rotatable bonds is 1. The number of ether oxygens (including phenoxy) is 1. The highest BCUT2D eigenvalue weighted by Gasteiger charge is 2.50. The second kappa shape index (κ2) is 6.16. The minimum absolute atomic E-state index is 0.111. The van der Waals surface area contributed by atoms with Gasteiger partial charge in [0.25, 0.3) is 0 Å². The van der Waals surface area contributed by atoms with Crippen molar-refractivity contribution < 1.29 is 14.3 Å². The summed E-state index contributed by atoms with van der Waals surface area (Å²) < 4.78 is 7.31. The number of carbonyl (C=O) groups excluding carboxylic acids is 2. The Bertz CT molecular complexity index is 900. The van der Waals surface area contributed by atoms with Crippen molar-refractivity contribution in [1.29, 1.82) is 0 Å². The van der Waals surface area contributed by atoms with E-state index in [-0.39, 0.29) is 22.9 Å². The SMILES string of the molecule is CC1(C)CCC2=C(C1=O)C(c1ccc(Br)cc1)C1=C(O2)C(C)(C)CCC1=O. The molecular formula is C23H25BrO3. The third kappa shape index (κ3) is 2.93.